The Kier molecular flexibility index (Phi) is 8.12. The molecule has 3 aliphatic rings. The van der Waals surface area contributed by atoms with Crippen molar-refractivity contribution in [2.75, 3.05) is 41.8 Å². The number of nitrogens with one attached hydrogen (secondary N) is 2. The molecule has 0 aromatic heterocycles. The van der Waals surface area contributed by atoms with Crippen LogP contribution in [0.4, 0.5) is 17.1 Å². The molecule has 6 atom stereocenters. The number of rotatable bonds is 11. The van der Waals surface area contributed by atoms with Gasteiger partial charge in [-0.15, -0.1) is 0 Å². The summed E-state index contributed by atoms with van der Waals surface area (Å²) in [5.41, 5.74) is 0.353. The summed E-state index contributed by atoms with van der Waals surface area (Å²) < 4.78 is 6.77. The molecular weight excluding hydrogens is 520 g/mol. The molecule has 5 rings (SSSR count). The van der Waals surface area contributed by atoms with Gasteiger partial charge in [-0.2, -0.15) is 0 Å². The van der Waals surface area contributed by atoms with E-state index in [1.54, 1.807) is 4.90 Å². The van der Waals surface area contributed by atoms with Crippen LogP contribution in [0.2, 0.25) is 0 Å². The maximum atomic E-state index is 14.2. The molecule has 3 amide bonds. The number of amides is 3. The fourth-order valence-corrected chi connectivity index (χ4v) is 7.37. The molecule has 0 radical (unpaired) electrons. The zero-order valence-electron chi connectivity index (χ0n) is 24.4. The minimum Gasteiger partial charge on any atom is -0.396 e. The zero-order valence-corrected chi connectivity index (χ0v) is 24.4. The fraction of sp³-hybridized carbons (Fsp3) is 0.531. The topological polar surface area (TPSA) is 111 Å². The van der Waals surface area contributed by atoms with Gasteiger partial charge in [-0.25, -0.2) is 0 Å². The molecule has 3 N–H and O–H groups in total. The van der Waals surface area contributed by atoms with Crippen LogP contribution < -0.4 is 15.5 Å². The molecule has 2 aromatic carbocycles. The summed E-state index contributed by atoms with van der Waals surface area (Å²) in [7, 11) is 0. The molecule has 3 fully saturated rings. The van der Waals surface area contributed by atoms with Gasteiger partial charge in [0.1, 0.15) is 11.6 Å². The second-order valence-corrected chi connectivity index (χ2v) is 11.7. The molecule has 3 aliphatic heterocycles. The predicted octanol–water partition coefficient (Wildman–Crippen LogP) is 3.89. The Hall–Kier alpha value is -3.43. The van der Waals surface area contributed by atoms with Gasteiger partial charge in [0.05, 0.1) is 17.4 Å². The zero-order chi connectivity index (χ0) is 29.4. The average Bonchev–Trinajstić information content (AvgIpc) is 3.47. The molecule has 2 aromatic rings. The highest BCUT2D eigenvalue weighted by molar-refractivity contribution is 6.05. The van der Waals surface area contributed by atoms with Gasteiger partial charge < -0.3 is 30.3 Å². The number of hydrogen-bond donors (Lipinski definition) is 3. The number of para-hydroxylation sites is 1. The van der Waals surface area contributed by atoms with E-state index in [1.807, 2.05) is 68.4 Å². The van der Waals surface area contributed by atoms with E-state index in [0.717, 1.165) is 18.8 Å². The second-order valence-electron chi connectivity index (χ2n) is 11.7. The highest BCUT2D eigenvalue weighted by Crippen LogP contribution is 2.65. The number of anilines is 3. The van der Waals surface area contributed by atoms with Crippen LogP contribution in [-0.2, 0) is 19.1 Å². The van der Waals surface area contributed by atoms with Gasteiger partial charge in [0.15, 0.2) is 0 Å². The third-order valence-corrected chi connectivity index (χ3v) is 9.46. The van der Waals surface area contributed by atoms with Crippen LogP contribution in [0, 0.1) is 17.8 Å². The van der Waals surface area contributed by atoms with Crippen LogP contribution in [0.1, 0.15) is 47.0 Å². The third kappa shape index (κ3) is 4.89. The summed E-state index contributed by atoms with van der Waals surface area (Å²) in [5, 5.41) is 15.4. The maximum Gasteiger partial charge on any atom is 0.250 e. The Bertz CT molecular complexity index is 1270. The van der Waals surface area contributed by atoms with E-state index >= 15 is 0 Å². The van der Waals surface area contributed by atoms with Gasteiger partial charge in [-0.3, -0.25) is 14.4 Å². The minimum absolute atomic E-state index is 0.0000627. The van der Waals surface area contributed by atoms with Crippen molar-refractivity contribution in [3.8, 4) is 0 Å². The molecule has 3 saturated heterocycles. The van der Waals surface area contributed by atoms with E-state index in [2.05, 4.69) is 29.4 Å². The molecule has 1 spiro atoms. The number of hydrogen-bond acceptors (Lipinski definition) is 6. The van der Waals surface area contributed by atoms with Crippen LogP contribution in [0.5, 0.6) is 0 Å². The molecule has 0 saturated carbocycles. The first-order chi connectivity index (χ1) is 19.7. The largest absolute Gasteiger partial charge is 0.396 e. The van der Waals surface area contributed by atoms with Gasteiger partial charge >= 0.3 is 0 Å². The Labute approximate surface area is 242 Å². The van der Waals surface area contributed by atoms with Crippen molar-refractivity contribution in [2.45, 2.75) is 64.2 Å². The number of ether oxygens (including phenoxy) is 1. The van der Waals surface area contributed by atoms with Gasteiger partial charge in [-0.05, 0) is 82.3 Å². The molecule has 2 bridgehead atoms. The van der Waals surface area contributed by atoms with Crippen molar-refractivity contribution in [1.82, 2.24) is 4.90 Å². The van der Waals surface area contributed by atoms with E-state index in [1.165, 1.54) is 0 Å². The van der Waals surface area contributed by atoms with Crippen LogP contribution in [0.15, 0.2) is 54.6 Å². The number of nitrogens with zero attached hydrogens (tertiary/aromatic N) is 2. The quantitative estimate of drug-likeness (QED) is 0.359. The summed E-state index contributed by atoms with van der Waals surface area (Å²) in [6, 6.07) is 16.0. The lowest BCUT2D eigenvalue weighted by Crippen LogP contribution is -2.54. The average molecular weight is 563 g/mol. The fourth-order valence-electron chi connectivity index (χ4n) is 7.37. The molecule has 9 nitrogen and oxygen atoms in total. The summed E-state index contributed by atoms with van der Waals surface area (Å²) in [6.45, 7) is 10.2. The number of carbonyl (C=O) groups is 3. The van der Waals surface area contributed by atoms with Crippen LogP contribution in [0.3, 0.4) is 0 Å². The molecular formula is C32H42N4O5. The number of unbranched alkanes of at least 4 members (excludes halogenated alkanes) is 1. The van der Waals surface area contributed by atoms with Gasteiger partial charge in [0.2, 0.25) is 17.7 Å². The highest BCUT2D eigenvalue weighted by Gasteiger charge is 2.79. The number of carbonyl (C=O) groups excluding carboxylic acids is 3. The SMILES string of the molecule is CCN(CC)c1ccc(NC(=O)C2N(CCCCO)C(=O)[C@@H]3[C@H](C(=O)Nc4ccccc4)[C@@]4(C)OC23CC4C)cc1. The normalized spacial score (nSPS) is 29.9. The van der Waals surface area contributed by atoms with Crippen molar-refractivity contribution in [3.05, 3.63) is 54.6 Å². The maximum absolute atomic E-state index is 14.2. The lowest BCUT2D eigenvalue weighted by atomic mass is 9.62. The summed E-state index contributed by atoms with van der Waals surface area (Å²) in [4.78, 5) is 45.9. The monoisotopic (exact) mass is 562 g/mol. The van der Waals surface area contributed by atoms with Gasteiger partial charge in [0, 0.05) is 43.3 Å². The van der Waals surface area contributed by atoms with Crippen molar-refractivity contribution in [1.29, 1.82) is 0 Å². The first kappa shape index (κ1) is 29.1. The second kappa shape index (κ2) is 11.4. The summed E-state index contributed by atoms with van der Waals surface area (Å²) in [6.07, 6.45) is 1.56. The van der Waals surface area contributed by atoms with Crippen LogP contribution in [0.25, 0.3) is 0 Å². The Balaban J connectivity index is 1.47. The van der Waals surface area contributed by atoms with Crippen molar-refractivity contribution in [2.24, 2.45) is 17.8 Å². The Morgan fingerprint density at radius 2 is 1.63 bits per heavy atom. The van der Waals surface area contributed by atoms with Gasteiger partial charge in [0.25, 0.3) is 0 Å². The lowest BCUT2D eigenvalue weighted by molar-refractivity contribution is -0.144. The number of aliphatic hydroxyl groups is 1. The summed E-state index contributed by atoms with van der Waals surface area (Å²) >= 11 is 0. The first-order valence-corrected chi connectivity index (χ1v) is 14.8. The van der Waals surface area contributed by atoms with Gasteiger partial charge in [-0.1, -0.05) is 25.1 Å². The van der Waals surface area contributed by atoms with E-state index in [4.69, 9.17) is 4.74 Å². The standard InChI is InChI=1S/C32H42N4O5/c1-5-35(6-2)24-16-14-23(15-17-24)34-29(39)27-32-20-21(3)31(4,41-32)25(28(38)33-22-12-8-7-9-13-22)26(32)30(40)36(27)18-10-11-19-37/h7-9,12-17,21,25-27,37H,5-6,10-11,18-20H2,1-4H3,(H,33,38)(H,34,39)/t21?,25-,26+,27?,31+,32?/m1/s1. The number of aliphatic hydroxyl groups excluding tert-OH is 1. The molecule has 9 heteroatoms. The number of benzene rings is 2. The van der Waals surface area contributed by atoms with Crippen molar-refractivity contribution in [3.63, 3.8) is 0 Å². The molecule has 220 valence electrons. The molecule has 3 unspecified atom stereocenters. The summed E-state index contributed by atoms with van der Waals surface area (Å²) in [5.74, 6) is -2.38. The molecule has 0 aliphatic carbocycles. The predicted molar refractivity (Wildman–Crippen MR) is 159 cm³/mol. The smallest absolute Gasteiger partial charge is 0.250 e. The van der Waals surface area contributed by atoms with E-state index in [0.29, 0.717) is 37.2 Å². The van der Waals surface area contributed by atoms with Crippen LogP contribution in [-0.4, -0.2) is 71.2 Å². The van der Waals surface area contributed by atoms with E-state index in [-0.39, 0.29) is 30.2 Å². The molecule has 3 heterocycles. The Morgan fingerprint density at radius 1 is 1.00 bits per heavy atom. The first-order valence-electron chi connectivity index (χ1n) is 14.8. The van der Waals surface area contributed by atoms with Crippen LogP contribution >= 0.6 is 0 Å². The number of likely N-dealkylation sites (tertiary alicyclic amines) is 1. The molecule has 41 heavy (non-hydrogen) atoms. The lowest BCUT2D eigenvalue weighted by Gasteiger charge is -2.36. The third-order valence-electron chi connectivity index (χ3n) is 9.46. The van der Waals surface area contributed by atoms with E-state index < -0.39 is 29.1 Å². The Morgan fingerprint density at radius 3 is 2.27 bits per heavy atom. The van der Waals surface area contributed by atoms with Crippen molar-refractivity contribution >= 4 is 34.8 Å². The highest BCUT2D eigenvalue weighted by atomic mass is 16.5. The minimum atomic E-state index is -1.12. The number of fused-ring (bicyclic) bond motifs is 1. The van der Waals surface area contributed by atoms with Crippen molar-refractivity contribution < 1.29 is 24.2 Å². The van der Waals surface area contributed by atoms with E-state index in [9.17, 15) is 19.5 Å².